The van der Waals surface area contributed by atoms with Crippen molar-refractivity contribution in [3.63, 3.8) is 0 Å². The number of rotatable bonds is 5. The number of piperidine rings is 1. The van der Waals surface area contributed by atoms with Crippen molar-refractivity contribution in [2.45, 2.75) is 44.4 Å². The molecule has 1 spiro atoms. The molecule has 3 fully saturated rings. The van der Waals surface area contributed by atoms with Gasteiger partial charge in [0.25, 0.3) is 0 Å². The van der Waals surface area contributed by atoms with E-state index >= 15 is 0 Å². The van der Waals surface area contributed by atoms with Crippen molar-refractivity contribution in [2.24, 2.45) is 5.41 Å². The third-order valence-corrected chi connectivity index (χ3v) is 6.51. The van der Waals surface area contributed by atoms with Gasteiger partial charge in [-0.15, -0.1) is 0 Å². The number of thiophene rings is 1. The van der Waals surface area contributed by atoms with Crippen molar-refractivity contribution >= 4 is 17.2 Å². The molecule has 4 rings (SSSR count). The van der Waals surface area contributed by atoms with E-state index in [0.717, 1.165) is 32.7 Å². The SMILES string of the molecule is O=C(C[C@@H]1CNCCO1)N(Cc1ccsc1)[C@H]1CC12CCNCC2. The number of carbonyl (C=O) groups excluding carboxylic acids is 1. The van der Waals surface area contributed by atoms with Crippen LogP contribution in [-0.4, -0.2) is 55.7 Å². The Bertz CT molecular complexity index is 551. The summed E-state index contributed by atoms with van der Waals surface area (Å²) in [5, 5.41) is 11.0. The second-order valence-corrected chi connectivity index (χ2v) is 8.17. The van der Waals surface area contributed by atoms with Crippen LogP contribution < -0.4 is 10.6 Å². The topological polar surface area (TPSA) is 53.6 Å². The molecule has 2 saturated heterocycles. The highest BCUT2D eigenvalue weighted by Crippen LogP contribution is 2.56. The Balaban J connectivity index is 1.44. The number of ether oxygens (including phenoxy) is 1. The van der Waals surface area contributed by atoms with Crippen molar-refractivity contribution in [2.75, 3.05) is 32.8 Å². The van der Waals surface area contributed by atoms with E-state index in [9.17, 15) is 4.79 Å². The molecule has 132 valence electrons. The number of nitrogens with zero attached hydrogens (tertiary/aromatic N) is 1. The Kier molecular flexibility index (Phi) is 4.90. The van der Waals surface area contributed by atoms with Crippen molar-refractivity contribution in [3.05, 3.63) is 22.4 Å². The molecule has 1 aliphatic carbocycles. The number of amides is 1. The van der Waals surface area contributed by atoms with Crippen molar-refractivity contribution < 1.29 is 9.53 Å². The smallest absolute Gasteiger partial charge is 0.225 e. The highest BCUT2D eigenvalue weighted by molar-refractivity contribution is 7.07. The summed E-state index contributed by atoms with van der Waals surface area (Å²) in [7, 11) is 0. The Morgan fingerprint density at radius 2 is 2.21 bits per heavy atom. The van der Waals surface area contributed by atoms with E-state index in [1.807, 2.05) is 0 Å². The van der Waals surface area contributed by atoms with Crippen molar-refractivity contribution in [1.29, 1.82) is 0 Å². The summed E-state index contributed by atoms with van der Waals surface area (Å²) in [5.41, 5.74) is 1.63. The lowest BCUT2D eigenvalue weighted by atomic mass is 9.93. The zero-order chi connectivity index (χ0) is 16.4. The number of hydrogen-bond acceptors (Lipinski definition) is 5. The molecule has 0 radical (unpaired) electrons. The molecule has 2 aliphatic heterocycles. The zero-order valence-electron chi connectivity index (χ0n) is 14.1. The fraction of sp³-hybridized carbons (Fsp3) is 0.722. The first-order valence-corrected chi connectivity index (χ1v) is 10.0. The summed E-state index contributed by atoms with van der Waals surface area (Å²) in [4.78, 5) is 15.2. The third kappa shape index (κ3) is 3.52. The van der Waals surface area contributed by atoms with Crippen LogP contribution >= 0.6 is 11.3 Å². The molecule has 1 saturated carbocycles. The monoisotopic (exact) mass is 349 g/mol. The highest BCUT2D eigenvalue weighted by atomic mass is 32.1. The molecule has 5 nitrogen and oxygen atoms in total. The van der Waals surface area contributed by atoms with Gasteiger partial charge in [-0.3, -0.25) is 4.79 Å². The molecule has 6 heteroatoms. The van der Waals surface area contributed by atoms with E-state index in [0.29, 0.717) is 24.5 Å². The van der Waals surface area contributed by atoms with Crippen LogP contribution in [0.25, 0.3) is 0 Å². The van der Waals surface area contributed by atoms with Gasteiger partial charge in [-0.05, 0) is 60.2 Å². The average Bonchev–Trinajstić information content (AvgIpc) is 3.05. The van der Waals surface area contributed by atoms with Crippen LogP contribution in [0.3, 0.4) is 0 Å². The summed E-state index contributed by atoms with van der Waals surface area (Å²) in [5.74, 6) is 0.260. The lowest BCUT2D eigenvalue weighted by molar-refractivity contribution is -0.136. The van der Waals surface area contributed by atoms with Crippen LogP contribution in [0.15, 0.2) is 16.8 Å². The second-order valence-electron chi connectivity index (χ2n) is 7.39. The summed E-state index contributed by atoms with van der Waals surface area (Å²) < 4.78 is 5.75. The number of carbonyl (C=O) groups is 1. The molecule has 0 bridgehead atoms. The van der Waals surface area contributed by atoms with Crippen molar-refractivity contribution in [3.8, 4) is 0 Å². The number of morpholine rings is 1. The maximum absolute atomic E-state index is 13.1. The first kappa shape index (κ1) is 16.5. The van der Waals surface area contributed by atoms with Crippen LogP contribution in [-0.2, 0) is 16.1 Å². The molecular formula is C18H27N3O2S. The van der Waals surface area contributed by atoms with Crippen molar-refractivity contribution in [1.82, 2.24) is 15.5 Å². The van der Waals surface area contributed by atoms with Gasteiger partial charge in [-0.25, -0.2) is 0 Å². The largest absolute Gasteiger partial charge is 0.375 e. The highest BCUT2D eigenvalue weighted by Gasteiger charge is 2.57. The molecule has 1 aromatic heterocycles. The minimum Gasteiger partial charge on any atom is -0.375 e. The second kappa shape index (κ2) is 7.12. The standard InChI is InChI=1S/C18H27N3O2S/c22-17(9-15-11-20-6-7-23-15)21(12-14-1-8-24-13-14)16-10-18(16)2-4-19-5-3-18/h1,8,13,15-16,19-20H,2-7,9-12H2/t15-,16+/m1/s1. The molecule has 1 aromatic rings. The molecule has 2 atom stereocenters. The fourth-order valence-corrected chi connectivity index (χ4v) is 4.90. The van der Waals surface area contributed by atoms with E-state index in [-0.39, 0.29) is 12.0 Å². The van der Waals surface area contributed by atoms with Gasteiger partial charge in [-0.2, -0.15) is 11.3 Å². The predicted molar refractivity (Wildman–Crippen MR) is 95.0 cm³/mol. The molecular weight excluding hydrogens is 322 g/mol. The maximum Gasteiger partial charge on any atom is 0.225 e. The molecule has 24 heavy (non-hydrogen) atoms. The lowest BCUT2D eigenvalue weighted by Crippen LogP contribution is -2.44. The average molecular weight is 350 g/mol. The quantitative estimate of drug-likeness (QED) is 0.848. The summed E-state index contributed by atoms with van der Waals surface area (Å²) in [6.07, 6.45) is 4.11. The van der Waals surface area contributed by atoms with Gasteiger partial charge in [-0.1, -0.05) is 0 Å². The Morgan fingerprint density at radius 3 is 2.92 bits per heavy atom. The molecule has 2 N–H and O–H groups in total. The molecule has 3 heterocycles. The first-order valence-electron chi connectivity index (χ1n) is 9.10. The Labute approximate surface area is 147 Å². The van der Waals surface area contributed by atoms with Crippen LogP contribution in [0.4, 0.5) is 0 Å². The Hall–Kier alpha value is -0.950. The summed E-state index contributed by atoms with van der Waals surface area (Å²) in [6.45, 7) is 5.32. The van der Waals surface area contributed by atoms with Gasteiger partial charge in [0.15, 0.2) is 0 Å². The van der Waals surface area contributed by atoms with Crippen LogP contribution in [0.1, 0.15) is 31.2 Å². The number of nitrogens with one attached hydrogen (secondary N) is 2. The van der Waals surface area contributed by atoms with E-state index in [1.54, 1.807) is 11.3 Å². The molecule has 0 unspecified atom stereocenters. The van der Waals surface area contributed by atoms with Crippen LogP contribution in [0.2, 0.25) is 0 Å². The Morgan fingerprint density at radius 1 is 1.33 bits per heavy atom. The molecule has 1 amide bonds. The van der Waals surface area contributed by atoms with E-state index in [2.05, 4.69) is 32.4 Å². The maximum atomic E-state index is 13.1. The fourth-order valence-electron chi connectivity index (χ4n) is 4.24. The minimum absolute atomic E-state index is 0.0268. The first-order chi connectivity index (χ1) is 11.8. The lowest BCUT2D eigenvalue weighted by Gasteiger charge is -2.31. The van der Waals surface area contributed by atoms with Gasteiger partial charge in [0.1, 0.15) is 0 Å². The predicted octanol–water partition coefficient (Wildman–Crippen LogP) is 1.60. The zero-order valence-corrected chi connectivity index (χ0v) is 14.9. The van der Waals surface area contributed by atoms with Gasteiger partial charge >= 0.3 is 0 Å². The van der Waals surface area contributed by atoms with E-state index < -0.39 is 0 Å². The summed E-state index contributed by atoms with van der Waals surface area (Å²) >= 11 is 1.71. The van der Waals surface area contributed by atoms with E-state index in [1.165, 1.54) is 24.8 Å². The van der Waals surface area contributed by atoms with Crippen LogP contribution in [0.5, 0.6) is 0 Å². The van der Waals surface area contributed by atoms with E-state index in [4.69, 9.17) is 4.74 Å². The minimum atomic E-state index is 0.0268. The van der Waals surface area contributed by atoms with Gasteiger partial charge < -0.3 is 20.3 Å². The third-order valence-electron chi connectivity index (χ3n) is 5.78. The van der Waals surface area contributed by atoms with Crippen LogP contribution in [0, 0.1) is 5.41 Å². The van der Waals surface area contributed by atoms with Gasteiger partial charge in [0.05, 0.1) is 19.1 Å². The molecule has 0 aromatic carbocycles. The number of hydrogen-bond donors (Lipinski definition) is 2. The summed E-state index contributed by atoms with van der Waals surface area (Å²) in [6, 6.07) is 2.56. The molecule has 3 aliphatic rings. The van der Waals surface area contributed by atoms with Gasteiger partial charge in [0.2, 0.25) is 5.91 Å². The normalized spacial score (nSPS) is 28.7. The van der Waals surface area contributed by atoms with Gasteiger partial charge in [0, 0.05) is 25.7 Å².